The molecule has 0 saturated heterocycles. The molecule has 0 spiro atoms. The molecule has 0 atom stereocenters. The van der Waals surface area contributed by atoms with Crippen molar-refractivity contribution in [1.29, 1.82) is 0 Å². The molecule has 0 aliphatic carbocycles. The van der Waals surface area contributed by atoms with Gasteiger partial charge in [0.2, 0.25) is 0 Å². The zero-order valence-corrected chi connectivity index (χ0v) is 39.6. The molecule has 4 amide bonds. The molecule has 4 aromatic rings. The fourth-order valence-corrected chi connectivity index (χ4v) is 13.1. The molecule has 0 unspecified atom stereocenters. The molecule has 1 aliphatic rings. The Morgan fingerprint density at radius 2 is 0.538 bits per heavy atom. The van der Waals surface area contributed by atoms with Gasteiger partial charge in [-0.25, -0.2) is 0 Å². The number of hydroxylamine groups is 4. The van der Waals surface area contributed by atoms with Crippen molar-refractivity contribution in [2.24, 2.45) is 0 Å². The number of carbonyl (C=O) groups is 4. The van der Waals surface area contributed by atoms with E-state index in [-0.39, 0.29) is 45.3 Å². The van der Waals surface area contributed by atoms with Gasteiger partial charge in [0, 0.05) is 0 Å². The first-order chi connectivity index (χ1) is 25.1. The molecule has 1 heterocycles. The average Bonchev–Trinajstić information content (AvgIpc) is 3.14. The second kappa shape index (κ2) is 19.9. The summed E-state index contributed by atoms with van der Waals surface area (Å²) in [5.41, 5.74) is 10.4. The van der Waals surface area contributed by atoms with Crippen LogP contribution in [0.25, 0.3) is 0 Å². The Bertz CT molecular complexity index is 1640. The Hall–Kier alpha value is -3.01. The topological polar surface area (TPSA) is 190 Å². The number of amides is 4. The van der Waals surface area contributed by atoms with Gasteiger partial charge in [-0.15, -0.1) is 0 Å². The maximum atomic E-state index is 13.1. The first kappa shape index (κ1) is 40.2. The molecule has 52 heavy (non-hydrogen) atoms. The Labute approximate surface area is 330 Å². The summed E-state index contributed by atoms with van der Waals surface area (Å²) in [5.74, 6) is -1.38. The summed E-state index contributed by atoms with van der Waals surface area (Å²) in [5, 5.41) is 0. The van der Waals surface area contributed by atoms with Gasteiger partial charge in [-0.2, -0.15) is 0 Å². The van der Waals surface area contributed by atoms with E-state index in [1.165, 1.54) is 0 Å². The summed E-state index contributed by atoms with van der Waals surface area (Å²) in [7, 11) is 0. The van der Waals surface area contributed by atoms with E-state index >= 15 is 0 Å². The van der Waals surface area contributed by atoms with Crippen molar-refractivity contribution < 1.29 is 44.2 Å². The molecule has 4 aromatic carbocycles. The molecule has 0 fully saturated rings. The Morgan fingerprint density at radius 3 is 0.750 bits per heavy atom. The van der Waals surface area contributed by atoms with E-state index in [4.69, 9.17) is 25.0 Å². The minimum atomic E-state index is -3.26. The SMILES string of the molecule is [CH3][Sn]1[O]NC(=O)c2ccccc2[O][Sn]([CH3])[O]NC(=O)c2ccccc2[O][Sn]([CH3])[O]NC(=O)c2ccccc2[O][Sn]([CH3])[O]NC(=O)c2ccccc2[O]1. The van der Waals surface area contributed by atoms with E-state index in [9.17, 15) is 19.2 Å². The van der Waals surface area contributed by atoms with Gasteiger partial charge in [-0.1, -0.05) is 0 Å². The fraction of sp³-hybridized carbons (Fsp3) is 0.125. The van der Waals surface area contributed by atoms with Crippen LogP contribution in [0, 0.1) is 0 Å². The molecule has 4 N–H and O–H groups in total. The van der Waals surface area contributed by atoms with Crippen LogP contribution in [0.2, 0.25) is 19.8 Å². The summed E-state index contributed by atoms with van der Waals surface area (Å²) < 4.78 is 46.6. The van der Waals surface area contributed by atoms with Gasteiger partial charge in [-0.3, -0.25) is 0 Å². The Kier molecular flexibility index (Phi) is 15.4. The number of para-hydroxylation sites is 4. The van der Waals surface area contributed by atoms with Gasteiger partial charge < -0.3 is 0 Å². The van der Waals surface area contributed by atoms with Crippen molar-refractivity contribution in [2.45, 2.75) is 19.8 Å². The number of hydrogen-bond donors (Lipinski definition) is 4. The second-order valence-corrected chi connectivity index (χ2v) is 26.4. The van der Waals surface area contributed by atoms with Crippen molar-refractivity contribution in [1.82, 2.24) is 21.9 Å². The monoisotopic (exact) mass is 1140 g/mol. The third kappa shape index (κ3) is 11.5. The van der Waals surface area contributed by atoms with E-state index in [0.717, 1.165) is 0 Å². The fourth-order valence-electron chi connectivity index (χ4n) is 4.37. The molecule has 0 bridgehead atoms. The van der Waals surface area contributed by atoms with Crippen LogP contribution in [0.15, 0.2) is 97.1 Å². The van der Waals surface area contributed by atoms with Gasteiger partial charge in [0.05, 0.1) is 0 Å². The quantitative estimate of drug-likeness (QED) is 0.188. The summed E-state index contributed by atoms with van der Waals surface area (Å²) in [6.07, 6.45) is 0. The second-order valence-electron chi connectivity index (χ2n) is 10.5. The van der Waals surface area contributed by atoms with Crippen molar-refractivity contribution >= 4 is 106 Å². The molecular weight excluding hydrogens is 1110 g/mol. The minimum absolute atomic E-state index is 0.176. The standard InChI is InChI=1S/4C7H6NO3.4CH3.4Sn/c4*9-6-4-2-1-3-5(6)7(10)8-11;;;;;;;;/h4*1-4H,(H2-,8,9,10,11);4*1H3;;;;/q4*-1;;;;;4*+2/p-4. The van der Waals surface area contributed by atoms with Crippen LogP contribution < -0.4 is 34.2 Å². The number of hydrogen-bond acceptors (Lipinski definition) is 12. The molecule has 4 radical (unpaired) electrons. The van der Waals surface area contributed by atoms with E-state index in [2.05, 4.69) is 21.9 Å². The number of rotatable bonds is 0. The maximum absolute atomic E-state index is 13.1. The van der Waals surface area contributed by atoms with Crippen LogP contribution >= 0.6 is 0 Å². The summed E-state index contributed by atoms with van der Waals surface area (Å²) in [4.78, 5) is 59.5. The summed E-state index contributed by atoms with van der Waals surface area (Å²) in [6, 6.07) is 26.1. The van der Waals surface area contributed by atoms with Gasteiger partial charge >= 0.3 is 334 Å². The van der Waals surface area contributed by atoms with E-state index in [1.807, 2.05) is 0 Å². The average molecular weight is 1140 g/mol. The number of benzene rings is 4. The molecular formula is C32H32N4O12Sn4. The van der Waals surface area contributed by atoms with Crippen molar-refractivity contribution in [3.05, 3.63) is 119 Å². The number of fused-ring (bicyclic) bond motifs is 4. The first-order valence-electron chi connectivity index (χ1n) is 15.4. The van der Waals surface area contributed by atoms with Crippen LogP contribution in [0.3, 0.4) is 0 Å². The molecule has 5 rings (SSSR count). The third-order valence-electron chi connectivity index (χ3n) is 6.69. The Balaban J connectivity index is 1.36. The predicted molar refractivity (Wildman–Crippen MR) is 189 cm³/mol. The van der Waals surface area contributed by atoms with Crippen LogP contribution in [-0.4, -0.2) is 106 Å². The van der Waals surface area contributed by atoms with Crippen LogP contribution in [0.1, 0.15) is 41.4 Å². The van der Waals surface area contributed by atoms with Gasteiger partial charge in [-0.05, 0) is 0 Å². The molecule has 1 aliphatic heterocycles. The predicted octanol–water partition coefficient (Wildman–Crippen LogP) is 3.43. The van der Waals surface area contributed by atoms with E-state index in [0.29, 0.717) is 0 Å². The van der Waals surface area contributed by atoms with Crippen molar-refractivity contribution in [3.63, 3.8) is 0 Å². The Morgan fingerprint density at radius 1 is 0.346 bits per heavy atom. The molecule has 268 valence electrons. The van der Waals surface area contributed by atoms with E-state index in [1.54, 1.807) is 117 Å². The number of carbonyl (C=O) groups excluding carboxylic acids is 4. The zero-order chi connectivity index (χ0) is 37.0. The molecule has 0 aromatic heterocycles. The first-order valence-corrected chi connectivity index (χ1v) is 36.1. The van der Waals surface area contributed by atoms with Crippen molar-refractivity contribution in [2.75, 3.05) is 0 Å². The van der Waals surface area contributed by atoms with E-state index < -0.39 is 106 Å². The summed E-state index contributed by atoms with van der Waals surface area (Å²) >= 11 is -13.0. The van der Waals surface area contributed by atoms with Gasteiger partial charge in [0.15, 0.2) is 0 Å². The zero-order valence-electron chi connectivity index (χ0n) is 28.1. The van der Waals surface area contributed by atoms with Gasteiger partial charge in [0.1, 0.15) is 0 Å². The van der Waals surface area contributed by atoms with Crippen LogP contribution in [-0.2, 0) is 12.7 Å². The number of nitrogens with one attached hydrogen (secondary N) is 4. The van der Waals surface area contributed by atoms with Crippen LogP contribution in [0.5, 0.6) is 23.0 Å². The van der Waals surface area contributed by atoms with Gasteiger partial charge in [0.25, 0.3) is 0 Å². The normalized spacial score (nSPS) is 16.8. The van der Waals surface area contributed by atoms with Crippen molar-refractivity contribution in [3.8, 4) is 23.0 Å². The third-order valence-corrected chi connectivity index (χ3v) is 16.9. The van der Waals surface area contributed by atoms with Crippen LogP contribution in [0.4, 0.5) is 0 Å². The summed E-state index contributed by atoms with van der Waals surface area (Å²) in [6.45, 7) is 0. The molecule has 20 heteroatoms. The molecule has 16 nitrogen and oxygen atoms in total. The molecule has 0 saturated carbocycles.